The van der Waals surface area contributed by atoms with Crippen LogP contribution in [0.25, 0.3) is 33.3 Å². The maximum atomic E-state index is 13.2. The molecule has 5 aromatic rings. The highest BCUT2D eigenvalue weighted by Gasteiger charge is 2.29. The number of ether oxygens (including phenoxy) is 1. The van der Waals surface area contributed by atoms with E-state index < -0.39 is 0 Å². The number of carbonyl (C=O) groups excluding carboxylic acids is 1. The molecule has 0 spiro atoms. The van der Waals surface area contributed by atoms with Crippen LogP contribution in [-0.2, 0) is 4.79 Å². The molecule has 3 aromatic heterocycles. The Hall–Kier alpha value is -4.02. The van der Waals surface area contributed by atoms with E-state index in [9.17, 15) is 4.79 Å². The van der Waals surface area contributed by atoms with Crippen LogP contribution in [0.3, 0.4) is 0 Å². The maximum absolute atomic E-state index is 13.2. The van der Waals surface area contributed by atoms with Crippen molar-refractivity contribution in [1.82, 2.24) is 20.2 Å². The van der Waals surface area contributed by atoms with Gasteiger partial charge in [0.1, 0.15) is 5.75 Å². The standard InChI is InChI=1S/C25H17ClN6O3S/c1-34-16-11-18-22(19(26)12-16)28-20-5-3-2-4-17(20)23(18)32-21(33)10-15(31-32)13-36-25-30-29-24(35-25)14-6-8-27-9-7-14/h2-9,11-12H,10,13H2,1H3. The van der Waals surface area contributed by atoms with Gasteiger partial charge < -0.3 is 9.15 Å². The fourth-order valence-corrected chi connectivity index (χ4v) is 4.95. The van der Waals surface area contributed by atoms with Crippen molar-refractivity contribution >= 4 is 62.5 Å². The monoisotopic (exact) mass is 516 g/mol. The third-order valence-corrected chi connectivity index (χ3v) is 6.84. The number of halogens is 1. The van der Waals surface area contributed by atoms with Gasteiger partial charge in [0.15, 0.2) is 0 Å². The summed E-state index contributed by atoms with van der Waals surface area (Å²) in [4.78, 5) is 21.9. The molecule has 0 fully saturated rings. The number of pyridine rings is 2. The minimum atomic E-state index is -0.148. The summed E-state index contributed by atoms with van der Waals surface area (Å²) in [7, 11) is 1.57. The van der Waals surface area contributed by atoms with Crippen LogP contribution in [0, 0.1) is 0 Å². The normalized spacial score (nSPS) is 13.6. The van der Waals surface area contributed by atoms with Gasteiger partial charge in [-0.05, 0) is 24.3 Å². The average Bonchev–Trinajstić information content (AvgIpc) is 3.53. The molecule has 0 atom stereocenters. The summed E-state index contributed by atoms with van der Waals surface area (Å²) in [5.74, 6) is 1.25. The Labute approximate surface area is 214 Å². The Morgan fingerprint density at radius 3 is 2.78 bits per heavy atom. The number of hydrogen-bond donors (Lipinski definition) is 0. The predicted octanol–water partition coefficient (Wildman–Crippen LogP) is 5.38. The predicted molar refractivity (Wildman–Crippen MR) is 139 cm³/mol. The van der Waals surface area contributed by atoms with Gasteiger partial charge in [-0.15, -0.1) is 10.2 Å². The number of rotatable bonds is 6. The third kappa shape index (κ3) is 4.04. The van der Waals surface area contributed by atoms with E-state index in [1.807, 2.05) is 30.3 Å². The zero-order valence-corrected chi connectivity index (χ0v) is 20.5. The molecule has 6 rings (SSSR count). The van der Waals surface area contributed by atoms with Crippen LogP contribution >= 0.6 is 23.4 Å². The number of thioether (sulfide) groups is 1. The molecular formula is C25H17ClN6O3S. The first kappa shape index (κ1) is 22.4. The summed E-state index contributed by atoms with van der Waals surface area (Å²) in [5, 5.41) is 16.6. The SMILES string of the molecule is COc1cc(Cl)c2nc3ccccc3c(N3N=C(CSc4nnc(-c5ccncc5)o4)CC3=O)c2c1. The van der Waals surface area contributed by atoms with Gasteiger partial charge in [0.25, 0.3) is 11.1 Å². The molecule has 1 aliphatic rings. The number of fused-ring (bicyclic) bond motifs is 2. The molecule has 0 bridgehead atoms. The van der Waals surface area contributed by atoms with Crippen LogP contribution in [0.1, 0.15) is 6.42 Å². The van der Waals surface area contributed by atoms with E-state index in [-0.39, 0.29) is 12.3 Å². The molecule has 36 heavy (non-hydrogen) atoms. The van der Waals surface area contributed by atoms with E-state index in [2.05, 4.69) is 20.3 Å². The first-order valence-electron chi connectivity index (χ1n) is 10.9. The van der Waals surface area contributed by atoms with Crippen LogP contribution in [-0.4, -0.2) is 44.6 Å². The summed E-state index contributed by atoms with van der Waals surface area (Å²) in [6, 6.07) is 14.7. The molecule has 0 saturated heterocycles. The third-order valence-electron chi connectivity index (χ3n) is 5.66. The zero-order chi connectivity index (χ0) is 24.6. The number of para-hydroxylation sites is 1. The van der Waals surface area contributed by atoms with Crippen molar-refractivity contribution in [3.63, 3.8) is 0 Å². The lowest BCUT2D eigenvalue weighted by Gasteiger charge is -2.18. The number of benzene rings is 2. The zero-order valence-electron chi connectivity index (χ0n) is 18.9. The molecular weight excluding hydrogens is 500 g/mol. The second-order valence-electron chi connectivity index (χ2n) is 7.93. The summed E-state index contributed by atoms with van der Waals surface area (Å²) in [5.41, 5.74) is 3.39. The number of aromatic nitrogens is 4. The first-order chi connectivity index (χ1) is 17.6. The Bertz CT molecular complexity index is 1660. The number of hydrogen-bond acceptors (Lipinski definition) is 9. The van der Waals surface area contributed by atoms with Crippen LogP contribution in [0.4, 0.5) is 5.69 Å². The minimum Gasteiger partial charge on any atom is -0.497 e. The van der Waals surface area contributed by atoms with Gasteiger partial charge in [0, 0.05) is 40.5 Å². The Morgan fingerprint density at radius 2 is 1.94 bits per heavy atom. The first-order valence-corrected chi connectivity index (χ1v) is 12.3. The minimum absolute atomic E-state index is 0.148. The summed E-state index contributed by atoms with van der Waals surface area (Å²) in [6.07, 6.45) is 3.50. The van der Waals surface area contributed by atoms with Gasteiger partial charge in [0.2, 0.25) is 5.89 Å². The smallest absolute Gasteiger partial charge is 0.277 e. The van der Waals surface area contributed by atoms with Crippen LogP contribution in [0.15, 0.2) is 75.7 Å². The lowest BCUT2D eigenvalue weighted by molar-refractivity contribution is -0.116. The van der Waals surface area contributed by atoms with E-state index in [4.69, 9.17) is 25.7 Å². The summed E-state index contributed by atoms with van der Waals surface area (Å²) in [6.45, 7) is 0. The van der Waals surface area contributed by atoms with Crippen LogP contribution in [0.5, 0.6) is 5.75 Å². The topological polar surface area (TPSA) is 107 Å². The van der Waals surface area contributed by atoms with Gasteiger partial charge in [-0.2, -0.15) is 10.1 Å². The van der Waals surface area contributed by atoms with Crippen LogP contribution < -0.4 is 9.75 Å². The molecule has 1 amide bonds. The quantitative estimate of drug-likeness (QED) is 0.219. The number of amides is 1. The second-order valence-corrected chi connectivity index (χ2v) is 9.26. The molecule has 4 heterocycles. The summed E-state index contributed by atoms with van der Waals surface area (Å²) >= 11 is 7.87. The number of nitrogens with zero attached hydrogens (tertiary/aromatic N) is 6. The van der Waals surface area contributed by atoms with Crippen molar-refractivity contribution in [1.29, 1.82) is 0 Å². The highest BCUT2D eigenvalue weighted by Crippen LogP contribution is 2.40. The molecule has 11 heteroatoms. The molecule has 9 nitrogen and oxygen atoms in total. The number of carbonyl (C=O) groups is 1. The van der Waals surface area contributed by atoms with Crippen molar-refractivity contribution in [2.24, 2.45) is 5.10 Å². The molecule has 1 aliphatic heterocycles. The molecule has 0 aliphatic carbocycles. The van der Waals surface area contributed by atoms with Gasteiger partial charge in [0.05, 0.1) is 41.0 Å². The molecule has 0 saturated carbocycles. The summed E-state index contributed by atoms with van der Waals surface area (Å²) < 4.78 is 11.2. The van der Waals surface area contributed by atoms with Crippen LogP contribution in [0.2, 0.25) is 5.02 Å². The number of methoxy groups -OCH3 is 1. The van der Waals surface area contributed by atoms with Gasteiger partial charge in [-0.3, -0.25) is 9.78 Å². The average molecular weight is 517 g/mol. The highest BCUT2D eigenvalue weighted by molar-refractivity contribution is 7.99. The van der Waals surface area contributed by atoms with E-state index in [0.29, 0.717) is 55.5 Å². The molecule has 0 N–H and O–H groups in total. The Kier molecular flexibility index (Phi) is 5.74. The number of hydrazone groups is 1. The van der Waals surface area contributed by atoms with E-state index in [0.717, 1.165) is 10.9 Å². The van der Waals surface area contributed by atoms with Crippen molar-refractivity contribution < 1.29 is 13.9 Å². The Morgan fingerprint density at radius 1 is 1.11 bits per heavy atom. The fourth-order valence-electron chi connectivity index (χ4n) is 4.01. The molecule has 178 valence electrons. The second kappa shape index (κ2) is 9.21. The molecule has 0 radical (unpaired) electrons. The van der Waals surface area contributed by atoms with Crippen molar-refractivity contribution in [3.05, 3.63) is 65.9 Å². The van der Waals surface area contributed by atoms with Gasteiger partial charge >= 0.3 is 0 Å². The van der Waals surface area contributed by atoms with Crippen molar-refractivity contribution in [2.75, 3.05) is 17.9 Å². The number of anilines is 1. The van der Waals surface area contributed by atoms with E-state index in [1.165, 1.54) is 16.8 Å². The lowest BCUT2D eigenvalue weighted by Crippen LogP contribution is -2.20. The Balaban J connectivity index is 1.34. The molecule has 0 unspecified atom stereocenters. The van der Waals surface area contributed by atoms with E-state index in [1.54, 1.807) is 37.7 Å². The van der Waals surface area contributed by atoms with Gasteiger partial charge in [-0.1, -0.05) is 41.6 Å². The molecule has 2 aromatic carbocycles. The van der Waals surface area contributed by atoms with Crippen molar-refractivity contribution in [3.8, 4) is 17.2 Å². The maximum Gasteiger partial charge on any atom is 0.277 e. The fraction of sp³-hybridized carbons (Fsp3) is 0.120. The van der Waals surface area contributed by atoms with Gasteiger partial charge in [-0.25, -0.2) is 4.98 Å². The van der Waals surface area contributed by atoms with E-state index >= 15 is 0 Å². The highest BCUT2D eigenvalue weighted by atomic mass is 35.5. The lowest BCUT2D eigenvalue weighted by atomic mass is 10.1. The largest absolute Gasteiger partial charge is 0.497 e. The van der Waals surface area contributed by atoms with Crippen molar-refractivity contribution in [2.45, 2.75) is 11.6 Å².